The van der Waals surface area contributed by atoms with Gasteiger partial charge in [0.05, 0.1) is 18.6 Å². The van der Waals surface area contributed by atoms with Crippen molar-refractivity contribution >= 4 is 29.4 Å². The number of hydrogen-bond donors (Lipinski definition) is 0. The molecule has 1 aromatic heterocycles. The molecule has 1 aliphatic heterocycles. The third-order valence-electron chi connectivity index (χ3n) is 4.77. The lowest BCUT2D eigenvalue weighted by Gasteiger charge is -2.07. The summed E-state index contributed by atoms with van der Waals surface area (Å²) >= 11 is 5.70. The molecule has 0 aliphatic carbocycles. The number of benzene rings is 2. The Bertz CT molecular complexity index is 1200. The molecule has 7 nitrogen and oxygen atoms in total. The third kappa shape index (κ3) is 4.84. The fraction of sp³-hybridized carbons (Fsp3) is 0.208. The normalized spacial score (nSPS) is 13.7. The minimum atomic E-state index is -0.452. The van der Waals surface area contributed by atoms with Crippen molar-refractivity contribution in [3.63, 3.8) is 0 Å². The van der Waals surface area contributed by atoms with E-state index in [0.717, 1.165) is 11.3 Å². The number of nitrogens with zero attached hydrogens (tertiary/aromatic N) is 1. The summed E-state index contributed by atoms with van der Waals surface area (Å²) in [7, 11) is 0. The number of rotatable bonds is 7. The molecule has 0 atom stereocenters. The number of Topliss-reactive ketones (excluding diaryl/α,β-unsaturated/α-hetero) is 1. The van der Waals surface area contributed by atoms with E-state index < -0.39 is 5.97 Å². The van der Waals surface area contributed by atoms with E-state index in [9.17, 15) is 9.59 Å². The molecule has 0 fully saturated rings. The summed E-state index contributed by atoms with van der Waals surface area (Å²) in [4.78, 5) is 25.0. The summed E-state index contributed by atoms with van der Waals surface area (Å²) in [6, 6.07) is 12.1. The number of fused-ring (bicyclic) bond motifs is 1. The summed E-state index contributed by atoms with van der Waals surface area (Å²) in [6.07, 6.45) is 2.07. The Morgan fingerprint density at radius 2 is 1.94 bits per heavy atom. The average Bonchev–Trinajstić information content (AvgIpc) is 3.31. The molecule has 32 heavy (non-hydrogen) atoms. The Balaban J connectivity index is 1.46. The molecule has 3 aromatic rings. The number of esters is 1. The van der Waals surface area contributed by atoms with Gasteiger partial charge < -0.3 is 18.7 Å². The van der Waals surface area contributed by atoms with E-state index in [4.69, 9.17) is 30.3 Å². The lowest BCUT2D eigenvalue weighted by Crippen LogP contribution is -2.09. The number of hydrogen-bond acceptors (Lipinski definition) is 7. The van der Waals surface area contributed by atoms with Crippen molar-refractivity contribution in [3.05, 3.63) is 75.8 Å². The van der Waals surface area contributed by atoms with Crippen LogP contribution < -0.4 is 14.2 Å². The largest absolute Gasteiger partial charge is 0.494 e. The first-order chi connectivity index (χ1) is 15.4. The van der Waals surface area contributed by atoms with E-state index in [1.165, 1.54) is 0 Å². The van der Waals surface area contributed by atoms with Gasteiger partial charge in [-0.25, -0.2) is 0 Å². The first kappa shape index (κ1) is 21.6. The third-order valence-corrected chi connectivity index (χ3v) is 4.95. The summed E-state index contributed by atoms with van der Waals surface area (Å²) < 4.78 is 21.6. The first-order valence-electron chi connectivity index (χ1n) is 10.1. The number of ketones is 1. The van der Waals surface area contributed by atoms with Crippen LogP contribution in [0.3, 0.4) is 0 Å². The van der Waals surface area contributed by atoms with Gasteiger partial charge in [-0.05, 0) is 49.2 Å². The van der Waals surface area contributed by atoms with Crippen LogP contribution in [0.2, 0.25) is 5.15 Å². The van der Waals surface area contributed by atoms with Crippen molar-refractivity contribution < 1.29 is 28.3 Å². The van der Waals surface area contributed by atoms with Gasteiger partial charge in [0.1, 0.15) is 23.0 Å². The molecule has 2 aromatic carbocycles. The second-order valence-electron chi connectivity index (χ2n) is 7.15. The van der Waals surface area contributed by atoms with Gasteiger partial charge in [-0.1, -0.05) is 28.9 Å². The van der Waals surface area contributed by atoms with Crippen LogP contribution in [0.5, 0.6) is 17.2 Å². The van der Waals surface area contributed by atoms with E-state index in [2.05, 4.69) is 5.16 Å². The fourth-order valence-electron chi connectivity index (χ4n) is 3.33. The number of aryl methyl sites for hydroxylation is 2. The lowest BCUT2D eigenvalue weighted by atomic mass is 10.0. The Morgan fingerprint density at radius 1 is 1.16 bits per heavy atom. The number of aromatic nitrogens is 1. The number of carbonyl (C=O) groups is 2. The van der Waals surface area contributed by atoms with Crippen molar-refractivity contribution in [1.82, 2.24) is 5.16 Å². The van der Waals surface area contributed by atoms with Crippen LogP contribution in [0.15, 0.2) is 52.7 Å². The predicted molar refractivity (Wildman–Crippen MR) is 117 cm³/mol. The minimum absolute atomic E-state index is 0.0876. The quantitative estimate of drug-likeness (QED) is 0.276. The zero-order valence-electron chi connectivity index (χ0n) is 17.5. The lowest BCUT2D eigenvalue weighted by molar-refractivity contribution is -0.134. The summed E-state index contributed by atoms with van der Waals surface area (Å²) in [5, 5.41) is 3.80. The van der Waals surface area contributed by atoms with Crippen molar-refractivity contribution in [3.8, 4) is 17.2 Å². The number of allylic oxidation sites excluding steroid dienone is 1. The van der Waals surface area contributed by atoms with Gasteiger partial charge >= 0.3 is 5.97 Å². The summed E-state index contributed by atoms with van der Waals surface area (Å²) in [5.74, 6) is 1.45. The zero-order valence-corrected chi connectivity index (χ0v) is 18.3. The van der Waals surface area contributed by atoms with Crippen LogP contribution in [0.25, 0.3) is 6.08 Å². The van der Waals surface area contributed by atoms with Gasteiger partial charge in [0.2, 0.25) is 5.78 Å². The molecule has 0 N–H and O–H groups in total. The maximum absolute atomic E-state index is 12.8. The van der Waals surface area contributed by atoms with Gasteiger partial charge in [-0.15, -0.1) is 0 Å². The van der Waals surface area contributed by atoms with Gasteiger partial charge in [-0.2, -0.15) is 0 Å². The smallest absolute Gasteiger partial charge is 0.311 e. The standard InChI is InChI=1S/C24H20ClNO6/c1-3-29-16-6-4-15(5-7-16)11-20-24(28)23-14(2)10-18(12-19(23)31-20)30-22(27)9-8-17-13-21(25)26-32-17/h4-7,10-13H,3,8-9H2,1-2H3/b20-11-. The highest BCUT2D eigenvalue weighted by Crippen LogP contribution is 2.37. The van der Waals surface area contributed by atoms with Crippen molar-refractivity contribution in [2.75, 3.05) is 6.61 Å². The number of halogens is 1. The molecule has 0 saturated carbocycles. The molecule has 0 bridgehead atoms. The van der Waals surface area contributed by atoms with Gasteiger partial charge in [0, 0.05) is 18.6 Å². The average molecular weight is 454 g/mol. The monoisotopic (exact) mass is 453 g/mol. The predicted octanol–water partition coefficient (Wildman–Crippen LogP) is 5.19. The molecule has 164 valence electrons. The van der Waals surface area contributed by atoms with Gasteiger partial charge in [0.25, 0.3) is 0 Å². The molecule has 0 saturated heterocycles. The SMILES string of the molecule is CCOc1ccc(/C=C2\Oc3cc(OC(=O)CCc4cc(Cl)no4)cc(C)c3C2=O)cc1. The molecular formula is C24H20ClNO6. The second-order valence-corrected chi connectivity index (χ2v) is 7.53. The Morgan fingerprint density at radius 3 is 2.62 bits per heavy atom. The van der Waals surface area contributed by atoms with Crippen LogP contribution in [-0.4, -0.2) is 23.5 Å². The topological polar surface area (TPSA) is 87.9 Å². The summed E-state index contributed by atoms with van der Waals surface area (Å²) in [6.45, 7) is 4.27. The Labute approximate surface area is 189 Å². The zero-order chi connectivity index (χ0) is 22.7. The second kappa shape index (κ2) is 9.28. The van der Waals surface area contributed by atoms with Crippen molar-refractivity contribution in [2.24, 2.45) is 0 Å². The van der Waals surface area contributed by atoms with Gasteiger partial charge in [0.15, 0.2) is 10.9 Å². The Kier molecular flexibility index (Phi) is 6.28. The van der Waals surface area contributed by atoms with Crippen molar-refractivity contribution in [1.29, 1.82) is 0 Å². The van der Waals surface area contributed by atoms with E-state index in [1.807, 2.05) is 31.2 Å². The molecule has 8 heteroatoms. The maximum Gasteiger partial charge on any atom is 0.311 e. The molecule has 0 unspecified atom stereocenters. The number of carbonyl (C=O) groups excluding carboxylic acids is 2. The maximum atomic E-state index is 12.8. The highest BCUT2D eigenvalue weighted by molar-refractivity contribution is 6.29. The summed E-state index contributed by atoms with van der Waals surface area (Å²) in [5.41, 5.74) is 1.92. The van der Waals surface area contributed by atoms with Gasteiger partial charge in [-0.3, -0.25) is 9.59 Å². The van der Waals surface area contributed by atoms with Crippen molar-refractivity contribution in [2.45, 2.75) is 26.7 Å². The van der Waals surface area contributed by atoms with Crippen LogP contribution in [-0.2, 0) is 11.2 Å². The molecule has 0 spiro atoms. The fourth-order valence-corrected chi connectivity index (χ4v) is 3.48. The molecule has 2 heterocycles. The van der Waals surface area contributed by atoms with E-state index in [0.29, 0.717) is 41.4 Å². The van der Waals surface area contributed by atoms with Crippen LogP contribution in [0, 0.1) is 6.92 Å². The molecule has 0 amide bonds. The molecule has 0 radical (unpaired) electrons. The molecular weight excluding hydrogens is 434 g/mol. The molecule has 1 aliphatic rings. The van der Waals surface area contributed by atoms with Crippen LogP contribution in [0.1, 0.15) is 40.6 Å². The van der Waals surface area contributed by atoms with E-state index >= 15 is 0 Å². The highest BCUT2D eigenvalue weighted by atomic mass is 35.5. The van der Waals surface area contributed by atoms with Crippen LogP contribution >= 0.6 is 11.6 Å². The minimum Gasteiger partial charge on any atom is -0.494 e. The number of ether oxygens (including phenoxy) is 3. The molecule has 4 rings (SSSR count). The Hall–Kier alpha value is -3.58. The van der Waals surface area contributed by atoms with E-state index in [-0.39, 0.29) is 23.1 Å². The van der Waals surface area contributed by atoms with E-state index in [1.54, 1.807) is 31.2 Å². The highest BCUT2D eigenvalue weighted by Gasteiger charge is 2.30. The van der Waals surface area contributed by atoms with Crippen LogP contribution in [0.4, 0.5) is 0 Å². The first-order valence-corrected chi connectivity index (χ1v) is 10.4.